The van der Waals surface area contributed by atoms with E-state index in [9.17, 15) is 4.79 Å². The Morgan fingerprint density at radius 1 is 1.32 bits per heavy atom. The van der Waals surface area contributed by atoms with Crippen LogP contribution in [0.25, 0.3) is 0 Å². The van der Waals surface area contributed by atoms with Crippen molar-refractivity contribution in [3.05, 3.63) is 63.6 Å². The van der Waals surface area contributed by atoms with Gasteiger partial charge in [0.05, 0.1) is 6.21 Å². The summed E-state index contributed by atoms with van der Waals surface area (Å²) in [5.41, 5.74) is 3.32. The van der Waals surface area contributed by atoms with Gasteiger partial charge in [0, 0.05) is 9.50 Å². The summed E-state index contributed by atoms with van der Waals surface area (Å²) in [7, 11) is 0. The second-order valence-corrected chi connectivity index (χ2v) is 5.86. The Balaban J connectivity index is 1.89. The molecule has 1 atom stereocenters. The number of amides is 1. The van der Waals surface area contributed by atoms with Crippen molar-refractivity contribution in [2.75, 3.05) is 0 Å². The Morgan fingerprint density at radius 3 is 2.82 bits per heavy atom. The number of hydrazone groups is 1. The van der Waals surface area contributed by atoms with E-state index in [1.165, 1.54) is 0 Å². The molecule has 2 rings (SSSR count). The lowest BCUT2D eigenvalue weighted by atomic mass is 10.2. The van der Waals surface area contributed by atoms with Crippen LogP contribution in [-0.2, 0) is 4.79 Å². The standard InChI is InChI=1S/C16H14BrClN2O2/c1-11(22-15-7-3-6-14(18)9-15)16(21)20-19-10-12-4-2-5-13(17)8-12/h2-11H,1H3,(H,20,21)/b19-10-/t11-/m1/s1. The normalized spacial score (nSPS) is 12.1. The van der Waals surface area contributed by atoms with Gasteiger partial charge in [0.15, 0.2) is 6.10 Å². The van der Waals surface area contributed by atoms with Crippen molar-refractivity contribution in [1.29, 1.82) is 0 Å². The molecule has 4 nitrogen and oxygen atoms in total. The number of nitrogens with one attached hydrogen (secondary N) is 1. The minimum atomic E-state index is -0.682. The zero-order chi connectivity index (χ0) is 15.9. The molecule has 114 valence electrons. The van der Waals surface area contributed by atoms with Crippen molar-refractivity contribution < 1.29 is 9.53 Å². The van der Waals surface area contributed by atoms with E-state index in [0.29, 0.717) is 10.8 Å². The number of halogens is 2. The quantitative estimate of drug-likeness (QED) is 0.628. The monoisotopic (exact) mass is 380 g/mol. The topological polar surface area (TPSA) is 50.7 Å². The van der Waals surface area contributed by atoms with Crippen LogP contribution in [0.15, 0.2) is 58.1 Å². The van der Waals surface area contributed by atoms with E-state index in [2.05, 4.69) is 26.5 Å². The smallest absolute Gasteiger partial charge is 0.280 e. The second kappa shape index (κ2) is 7.96. The molecule has 0 saturated carbocycles. The predicted molar refractivity (Wildman–Crippen MR) is 91.4 cm³/mol. The molecule has 22 heavy (non-hydrogen) atoms. The van der Waals surface area contributed by atoms with Crippen LogP contribution in [0.3, 0.4) is 0 Å². The van der Waals surface area contributed by atoms with Crippen molar-refractivity contribution in [1.82, 2.24) is 5.43 Å². The second-order valence-electron chi connectivity index (χ2n) is 4.51. The minimum Gasteiger partial charge on any atom is -0.481 e. The maximum absolute atomic E-state index is 11.9. The molecule has 0 saturated heterocycles. The average Bonchev–Trinajstić information content (AvgIpc) is 2.47. The number of ether oxygens (including phenoxy) is 1. The molecule has 0 heterocycles. The fourth-order valence-corrected chi connectivity index (χ4v) is 2.24. The summed E-state index contributed by atoms with van der Waals surface area (Å²) in [6.45, 7) is 1.64. The Labute approximate surface area is 142 Å². The van der Waals surface area contributed by atoms with Crippen LogP contribution in [-0.4, -0.2) is 18.2 Å². The van der Waals surface area contributed by atoms with Gasteiger partial charge in [-0.05, 0) is 42.8 Å². The molecule has 6 heteroatoms. The number of hydrogen-bond donors (Lipinski definition) is 1. The highest BCUT2D eigenvalue weighted by atomic mass is 79.9. The van der Waals surface area contributed by atoms with Crippen LogP contribution >= 0.6 is 27.5 Å². The lowest BCUT2D eigenvalue weighted by molar-refractivity contribution is -0.127. The number of hydrogen-bond acceptors (Lipinski definition) is 3. The van der Waals surface area contributed by atoms with Crippen molar-refractivity contribution in [2.45, 2.75) is 13.0 Å². The van der Waals surface area contributed by atoms with E-state index in [-0.39, 0.29) is 5.91 Å². The van der Waals surface area contributed by atoms with E-state index >= 15 is 0 Å². The molecule has 2 aromatic carbocycles. The van der Waals surface area contributed by atoms with Crippen molar-refractivity contribution in [3.8, 4) is 5.75 Å². The van der Waals surface area contributed by atoms with E-state index in [0.717, 1.165) is 10.0 Å². The van der Waals surface area contributed by atoms with Crippen molar-refractivity contribution in [2.24, 2.45) is 5.10 Å². The van der Waals surface area contributed by atoms with E-state index in [4.69, 9.17) is 16.3 Å². The SMILES string of the molecule is C[C@@H](Oc1cccc(Cl)c1)C(=O)N/N=C\c1cccc(Br)c1. The van der Waals surface area contributed by atoms with Crippen molar-refractivity contribution in [3.63, 3.8) is 0 Å². The van der Waals surface area contributed by atoms with Crippen LogP contribution in [0, 0.1) is 0 Å². The molecular formula is C16H14BrClN2O2. The first-order chi connectivity index (χ1) is 10.5. The van der Waals surface area contributed by atoms with E-state index in [1.54, 1.807) is 37.4 Å². The summed E-state index contributed by atoms with van der Waals surface area (Å²) in [6, 6.07) is 14.5. The summed E-state index contributed by atoms with van der Waals surface area (Å²) in [6.07, 6.45) is 0.882. The summed E-state index contributed by atoms with van der Waals surface area (Å²) < 4.78 is 6.45. The van der Waals surface area contributed by atoms with Crippen LogP contribution in [0.4, 0.5) is 0 Å². The van der Waals surface area contributed by atoms with Crippen molar-refractivity contribution >= 4 is 39.7 Å². The van der Waals surface area contributed by atoms with Gasteiger partial charge < -0.3 is 4.74 Å². The molecule has 0 fully saturated rings. The molecule has 1 amide bonds. The number of carbonyl (C=O) groups is 1. The van der Waals surface area contributed by atoms with Gasteiger partial charge >= 0.3 is 0 Å². The number of benzene rings is 2. The molecule has 0 aromatic heterocycles. The third-order valence-electron chi connectivity index (χ3n) is 2.72. The zero-order valence-electron chi connectivity index (χ0n) is 11.8. The van der Waals surface area contributed by atoms with Crippen LogP contribution in [0.5, 0.6) is 5.75 Å². The third kappa shape index (κ3) is 5.16. The zero-order valence-corrected chi connectivity index (χ0v) is 14.1. The Hall–Kier alpha value is -1.85. The van der Waals surface area contributed by atoms with E-state index in [1.807, 2.05) is 24.3 Å². The number of nitrogens with zero attached hydrogens (tertiary/aromatic N) is 1. The van der Waals surface area contributed by atoms with Gasteiger partial charge in [-0.25, -0.2) is 5.43 Å². The highest BCUT2D eigenvalue weighted by Gasteiger charge is 2.13. The maximum atomic E-state index is 11.9. The van der Waals surface area contributed by atoms with Gasteiger partial charge in [0.1, 0.15) is 5.75 Å². The lowest BCUT2D eigenvalue weighted by Gasteiger charge is -2.12. The third-order valence-corrected chi connectivity index (χ3v) is 3.44. The molecule has 1 N–H and O–H groups in total. The van der Waals surface area contributed by atoms with Gasteiger partial charge in [-0.1, -0.05) is 45.7 Å². The molecule has 0 aliphatic rings. The number of carbonyl (C=O) groups excluding carboxylic acids is 1. The first kappa shape index (κ1) is 16.5. The highest BCUT2D eigenvalue weighted by Crippen LogP contribution is 2.18. The summed E-state index contributed by atoms with van der Waals surface area (Å²) in [5, 5.41) is 4.46. The van der Waals surface area contributed by atoms with Gasteiger partial charge in [-0.2, -0.15) is 5.10 Å². The highest BCUT2D eigenvalue weighted by molar-refractivity contribution is 9.10. The Bertz CT molecular complexity index is 691. The Kier molecular flexibility index (Phi) is 5.98. The van der Waals surface area contributed by atoms with Gasteiger partial charge in [-0.3, -0.25) is 4.79 Å². The molecular weight excluding hydrogens is 368 g/mol. The minimum absolute atomic E-state index is 0.341. The van der Waals surface area contributed by atoms with Crippen LogP contribution < -0.4 is 10.2 Å². The average molecular weight is 382 g/mol. The van der Waals surface area contributed by atoms with Gasteiger partial charge in [0.2, 0.25) is 0 Å². The molecule has 0 aliphatic heterocycles. The predicted octanol–water partition coefficient (Wildman–Crippen LogP) is 4.02. The van der Waals surface area contributed by atoms with Gasteiger partial charge in [-0.15, -0.1) is 0 Å². The molecule has 0 radical (unpaired) electrons. The Morgan fingerprint density at radius 2 is 2.09 bits per heavy atom. The fraction of sp³-hybridized carbons (Fsp3) is 0.125. The van der Waals surface area contributed by atoms with Crippen LogP contribution in [0.2, 0.25) is 5.02 Å². The first-order valence-corrected chi connectivity index (χ1v) is 7.72. The molecule has 0 spiro atoms. The molecule has 2 aromatic rings. The molecule has 0 bridgehead atoms. The van der Waals surface area contributed by atoms with E-state index < -0.39 is 6.10 Å². The fourth-order valence-electron chi connectivity index (χ4n) is 1.65. The first-order valence-electron chi connectivity index (χ1n) is 6.55. The summed E-state index contributed by atoms with van der Waals surface area (Å²) >= 11 is 9.23. The van der Waals surface area contributed by atoms with Gasteiger partial charge in [0.25, 0.3) is 5.91 Å². The molecule has 0 aliphatic carbocycles. The number of rotatable bonds is 5. The molecule has 0 unspecified atom stereocenters. The summed E-state index contributed by atoms with van der Waals surface area (Å²) in [4.78, 5) is 11.9. The maximum Gasteiger partial charge on any atom is 0.280 e. The van der Waals surface area contributed by atoms with Crippen LogP contribution in [0.1, 0.15) is 12.5 Å². The summed E-state index contributed by atoms with van der Waals surface area (Å²) in [5.74, 6) is 0.192. The largest absolute Gasteiger partial charge is 0.481 e. The lowest BCUT2D eigenvalue weighted by Crippen LogP contribution is -2.33.